The average Bonchev–Trinajstić information content (AvgIpc) is 2.47. The monoisotopic (exact) mass is 312 g/mol. The van der Waals surface area contributed by atoms with E-state index in [-0.39, 0.29) is 12.0 Å². The lowest BCUT2D eigenvalue weighted by Gasteiger charge is -2.12. The second-order valence-electron chi connectivity index (χ2n) is 4.14. The van der Waals surface area contributed by atoms with Crippen molar-refractivity contribution in [1.29, 1.82) is 0 Å². The van der Waals surface area contributed by atoms with Crippen LogP contribution in [0.25, 0.3) is 0 Å². The minimum Gasteiger partial charge on any atom is -0.457 e. The van der Waals surface area contributed by atoms with Crippen molar-refractivity contribution in [2.75, 3.05) is 6.26 Å². The van der Waals surface area contributed by atoms with Gasteiger partial charge in [-0.3, -0.25) is 4.79 Å². The molecule has 6 heteroatoms. The number of thioether (sulfide) groups is 1. The van der Waals surface area contributed by atoms with Crippen molar-refractivity contribution >= 4 is 18.0 Å². The Bertz CT molecular complexity index is 636. The molecule has 0 radical (unpaired) electrons. The Morgan fingerprint density at radius 2 is 1.67 bits per heavy atom. The van der Waals surface area contributed by atoms with Crippen LogP contribution in [0.1, 0.15) is 15.9 Å². The summed E-state index contributed by atoms with van der Waals surface area (Å²) >= 11 is 1.55. The molecule has 2 nitrogen and oxygen atoms in total. The first-order valence-corrected chi connectivity index (χ1v) is 7.15. The van der Waals surface area contributed by atoms with E-state index in [1.807, 2.05) is 18.4 Å². The van der Waals surface area contributed by atoms with Gasteiger partial charge in [-0.15, -0.1) is 11.8 Å². The molecule has 0 bridgehead atoms. The molecule has 2 rings (SSSR count). The second-order valence-corrected chi connectivity index (χ2v) is 5.02. The van der Waals surface area contributed by atoms with Gasteiger partial charge in [-0.25, -0.2) is 0 Å². The van der Waals surface area contributed by atoms with E-state index in [2.05, 4.69) is 0 Å². The van der Waals surface area contributed by atoms with Crippen LogP contribution in [-0.2, 0) is 6.18 Å². The highest BCUT2D eigenvalue weighted by atomic mass is 32.2. The van der Waals surface area contributed by atoms with Crippen molar-refractivity contribution < 1.29 is 22.7 Å². The van der Waals surface area contributed by atoms with Gasteiger partial charge in [-0.1, -0.05) is 0 Å². The van der Waals surface area contributed by atoms with E-state index in [4.69, 9.17) is 4.74 Å². The van der Waals surface area contributed by atoms with Crippen LogP contribution in [0.5, 0.6) is 11.5 Å². The molecular weight excluding hydrogens is 301 g/mol. The Morgan fingerprint density at radius 3 is 2.19 bits per heavy atom. The standard InChI is InChI=1S/C15H11F3O2S/c1-21-13-6-4-11(5-7-13)20-12-3-2-10(9-19)14(8-12)15(16,17)18/h2-9H,1H3. The zero-order valence-corrected chi connectivity index (χ0v) is 11.8. The smallest absolute Gasteiger partial charge is 0.417 e. The second kappa shape index (κ2) is 6.22. The van der Waals surface area contributed by atoms with Gasteiger partial charge in [-0.05, 0) is 48.7 Å². The summed E-state index contributed by atoms with van der Waals surface area (Å²) in [7, 11) is 0. The van der Waals surface area contributed by atoms with Crippen LogP contribution in [0.15, 0.2) is 47.4 Å². The van der Waals surface area contributed by atoms with Crippen molar-refractivity contribution in [3.8, 4) is 11.5 Å². The molecule has 0 unspecified atom stereocenters. The lowest BCUT2D eigenvalue weighted by atomic mass is 10.1. The Hall–Kier alpha value is -1.95. The number of alkyl halides is 3. The van der Waals surface area contributed by atoms with Crippen molar-refractivity contribution in [3.05, 3.63) is 53.6 Å². The van der Waals surface area contributed by atoms with Gasteiger partial charge in [-0.2, -0.15) is 13.2 Å². The van der Waals surface area contributed by atoms with E-state index < -0.39 is 17.3 Å². The number of carbonyl (C=O) groups excluding carboxylic acids is 1. The predicted octanol–water partition coefficient (Wildman–Crippen LogP) is 5.03. The molecule has 0 saturated heterocycles. The molecule has 0 heterocycles. The highest BCUT2D eigenvalue weighted by molar-refractivity contribution is 7.98. The van der Waals surface area contributed by atoms with E-state index in [1.165, 1.54) is 6.07 Å². The third-order valence-electron chi connectivity index (χ3n) is 2.75. The molecule has 0 fully saturated rings. The summed E-state index contributed by atoms with van der Waals surface area (Å²) in [4.78, 5) is 11.7. The van der Waals surface area contributed by atoms with E-state index in [0.717, 1.165) is 17.0 Å². The van der Waals surface area contributed by atoms with Gasteiger partial charge in [0.25, 0.3) is 0 Å². The minimum absolute atomic E-state index is 0.0322. The number of benzene rings is 2. The molecule has 0 saturated carbocycles. The molecule has 2 aromatic rings. The summed E-state index contributed by atoms with van der Waals surface area (Å²) < 4.78 is 43.9. The fourth-order valence-corrected chi connectivity index (χ4v) is 2.14. The first kappa shape index (κ1) is 15.4. The Labute approximate surface area is 123 Å². The molecular formula is C15H11F3O2S. The third-order valence-corrected chi connectivity index (χ3v) is 3.50. The predicted molar refractivity (Wildman–Crippen MR) is 75.1 cm³/mol. The van der Waals surface area contributed by atoms with Crippen LogP contribution < -0.4 is 4.74 Å². The number of carbonyl (C=O) groups is 1. The van der Waals surface area contributed by atoms with Crippen molar-refractivity contribution in [1.82, 2.24) is 0 Å². The fourth-order valence-electron chi connectivity index (χ4n) is 1.73. The first-order valence-electron chi connectivity index (χ1n) is 5.92. The van der Waals surface area contributed by atoms with Crippen molar-refractivity contribution in [2.45, 2.75) is 11.1 Å². The molecule has 2 aromatic carbocycles. The highest BCUT2D eigenvalue weighted by Gasteiger charge is 2.33. The van der Waals surface area contributed by atoms with E-state index in [0.29, 0.717) is 5.75 Å². The molecule has 0 atom stereocenters. The number of rotatable bonds is 4. The molecule has 0 aliphatic heterocycles. The van der Waals surface area contributed by atoms with Gasteiger partial charge in [0.2, 0.25) is 0 Å². The van der Waals surface area contributed by atoms with Crippen molar-refractivity contribution in [2.24, 2.45) is 0 Å². The maximum Gasteiger partial charge on any atom is 0.417 e. The van der Waals surface area contributed by atoms with Crippen LogP contribution in [0.3, 0.4) is 0 Å². The van der Waals surface area contributed by atoms with Gasteiger partial charge in [0.1, 0.15) is 11.5 Å². The Morgan fingerprint density at radius 1 is 1.05 bits per heavy atom. The topological polar surface area (TPSA) is 26.3 Å². The molecule has 0 spiro atoms. The number of ether oxygens (including phenoxy) is 1. The minimum atomic E-state index is -4.60. The zero-order chi connectivity index (χ0) is 15.5. The molecule has 0 aliphatic rings. The molecule has 110 valence electrons. The van der Waals surface area contributed by atoms with Crippen LogP contribution in [0.2, 0.25) is 0 Å². The van der Waals surface area contributed by atoms with Crippen LogP contribution in [0, 0.1) is 0 Å². The number of halogens is 3. The number of hydrogen-bond acceptors (Lipinski definition) is 3. The maximum atomic E-state index is 12.8. The summed E-state index contributed by atoms with van der Waals surface area (Å²) in [6.45, 7) is 0. The molecule has 21 heavy (non-hydrogen) atoms. The highest BCUT2D eigenvalue weighted by Crippen LogP contribution is 2.35. The quantitative estimate of drug-likeness (QED) is 0.585. The van der Waals surface area contributed by atoms with Gasteiger partial charge in [0.15, 0.2) is 6.29 Å². The summed E-state index contributed by atoms with van der Waals surface area (Å²) in [5, 5.41) is 0. The summed E-state index contributed by atoms with van der Waals surface area (Å²) in [6.07, 6.45) is -2.50. The van der Waals surface area contributed by atoms with Crippen LogP contribution in [0.4, 0.5) is 13.2 Å². The number of hydrogen-bond donors (Lipinski definition) is 0. The Kier molecular flexibility index (Phi) is 4.57. The third kappa shape index (κ3) is 3.78. The molecule has 0 amide bonds. The molecule has 0 aliphatic carbocycles. The molecule has 0 N–H and O–H groups in total. The maximum absolute atomic E-state index is 12.8. The largest absolute Gasteiger partial charge is 0.457 e. The number of aldehydes is 1. The SMILES string of the molecule is CSc1ccc(Oc2ccc(C=O)c(C(F)(F)F)c2)cc1. The van der Waals surface area contributed by atoms with Crippen LogP contribution in [-0.4, -0.2) is 12.5 Å². The normalized spacial score (nSPS) is 11.2. The fraction of sp³-hybridized carbons (Fsp3) is 0.133. The Balaban J connectivity index is 2.30. The lowest BCUT2D eigenvalue weighted by Crippen LogP contribution is -2.09. The average molecular weight is 312 g/mol. The zero-order valence-electron chi connectivity index (χ0n) is 11.0. The summed E-state index contributed by atoms with van der Waals surface area (Å²) in [6, 6.07) is 10.2. The molecule has 0 aromatic heterocycles. The van der Waals surface area contributed by atoms with E-state index in [1.54, 1.807) is 23.9 Å². The van der Waals surface area contributed by atoms with Crippen LogP contribution >= 0.6 is 11.8 Å². The van der Waals surface area contributed by atoms with Gasteiger partial charge < -0.3 is 4.74 Å². The van der Waals surface area contributed by atoms with Gasteiger partial charge >= 0.3 is 6.18 Å². The first-order chi connectivity index (χ1) is 9.94. The van der Waals surface area contributed by atoms with Crippen molar-refractivity contribution in [3.63, 3.8) is 0 Å². The lowest BCUT2D eigenvalue weighted by molar-refractivity contribution is -0.137. The van der Waals surface area contributed by atoms with E-state index >= 15 is 0 Å². The van der Waals surface area contributed by atoms with E-state index in [9.17, 15) is 18.0 Å². The van der Waals surface area contributed by atoms with Gasteiger partial charge in [0, 0.05) is 10.5 Å². The summed E-state index contributed by atoms with van der Waals surface area (Å²) in [5.74, 6) is 0.463. The summed E-state index contributed by atoms with van der Waals surface area (Å²) in [5.41, 5.74) is -1.41. The van der Waals surface area contributed by atoms with Gasteiger partial charge in [0.05, 0.1) is 5.56 Å².